The van der Waals surface area contributed by atoms with E-state index in [1.54, 1.807) is 0 Å². The molecule has 0 saturated heterocycles. The maximum absolute atomic E-state index is 11.5. The monoisotopic (exact) mass is 412 g/mol. The van der Waals surface area contributed by atoms with Crippen molar-refractivity contribution in [2.75, 3.05) is 13.2 Å². The SMILES string of the molecule is CCCCOC(=O)CCCCCCCCCCCCCCCC(=O)OCCCC. The summed E-state index contributed by atoms with van der Waals surface area (Å²) in [6.45, 7) is 5.38. The lowest BCUT2D eigenvalue weighted by Gasteiger charge is -2.05. The first kappa shape index (κ1) is 27.9. The average Bonchev–Trinajstić information content (AvgIpc) is 2.71. The molecule has 0 rings (SSSR count). The molecule has 0 aliphatic rings. The molecule has 0 heterocycles. The van der Waals surface area contributed by atoms with Crippen LogP contribution in [-0.2, 0) is 19.1 Å². The van der Waals surface area contributed by atoms with E-state index < -0.39 is 0 Å². The molecule has 0 aromatic rings. The van der Waals surface area contributed by atoms with E-state index in [2.05, 4.69) is 13.8 Å². The predicted molar refractivity (Wildman–Crippen MR) is 121 cm³/mol. The van der Waals surface area contributed by atoms with E-state index >= 15 is 0 Å². The highest BCUT2D eigenvalue weighted by atomic mass is 16.5. The number of carbonyl (C=O) groups is 2. The summed E-state index contributed by atoms with van der Waals surface area (Å²) in [7, 11) is 0. The van der Waals surface area contributed by atoms with E-state index in [1.165, 1.54) is 57.8 Å². The van der Waals surface area contributed by atoms with Gasteiger partial charge in [-0.3, -0.25) is 9.59 Å². The number of ether oxygens (including phenoxy) is 2. The van der Waals surface area contributed by atoms with Crippen LogP contribution < -0.4 is 0 Å². The lowest BCUT2D eigenvalue weighted by molar-refractivity contribution is -0.144. The lowest BCUT2D eigenvalue weighted by Crippen LogP contribution is -2.05. The van der Waals surface area contributed by atoms with Gasteiger partial charge < -0.3 is 9.47 Å². The summed E-state index contributed by atoms with van der Waals surface area (Å²) < 4.78 is 10.3. The highest BCUT2D eigenvalue weighted by molar-refractivity contribution is 5.69. The van der Waals surface area contributed by atoms with Crippen molar-refractivity contribution >= 4 is 11.9 Å². The molecule has 4 nitrogen and oxygen atoms in total. The quantitative estimate of drug-likeness (QED) is 0.136. The number of hydrogen-bond acceptors (Lipinski definition) is 4. The topological polar surface area (TPSA) is 52.6 Å². The smallest absolute Gasteiger partial charge is 0.305 e. The zero-order chi connectivity index (χ0) is 21.4. The van der Waals surface area contributed by atoms with Gasteiger partial charge in [0.2, 0.25) is 0 Å². The van der Waals surface area contributed by atoms with Crippen molar-refractivity contribution in [1.29, 1.82) is 0 Å². The zero-order valence-electron chi connectivity index (χ0n) is 19.5. The minimum absolute atomic E-state index is 0.0228. The van der Waals surface area contributed by atoms with Crippen molar-refractivity contribution in [3.63, 3.8) is 0 Å². The first-order valence-electron chi connectivity index (χ1n) is 12.5. The molecular weight excluding hydrogens is 364 g/mol. The molecule has 0 radical (unpaired) electrons. The van der Waals surface area contributed by atoms with Crippen LogP contribution in [0.25, 0.3) is 0 Å². The molecule has 0 unspecified atom stereocenters. The van der Waals surface area contributed by atoms with E-state index in [-0.39, 0.29) is 11.9 Å². The largest absolute Gasteiger partial charge is 0.466 e. The number of unbranched alkanes of at least 4 members (excludes halogenated alkanes) is 14. The van der Waals surface area contributed by atoms with Crippen LogP contribution in [0.5, 0.6) is 0 Å². The highest BCUT2D eigenvalue weighted by Crippen LogP contribution is 2.13. The van der Waals surface area contributed by atoms with Crippen LogP contribution in [0.4, 0.5) is 0 Å². The molecule has 0 N–H and O–H groups in total. The molecule has 0 amide bonds. The van der Waals surface area contributed by atoms with Crippen molar-refractivity contribution in [2.45, 2.75) is 136 Å². The van der Waals surface area contributed by atoms with Gasteiger partial charge in [-0.25, -0.2) is 0 Å². The Hall–Kier alpha value is -1.06. The fourth-order valence-electron chi connectivity index (χ4n) is 3.29. The number of esters is 2. The van der Waals surface area contributed by atoms with Crippen LogP contribution in [0, 0.1) is 0 Å². The Labute approximate surface area is 180 Å². The van der Waals surface area contributed by atoms with Gasteiger partial charge in [-0.2, -0.15) is 0 Å². The predicted octanol–water partition coefficient (Wildman–Crippen LogP) is 7.52. The molecule has 0 aromatic heterocycles. The fourth-order valence-corrected chi connectivity index (χ4v) is 3.29. The molecule has 172 valence electrons. The van der Waals surface area contributed by atoms with Gasteiger partial charge in [0.25, 0.3) is 0 Å². The Morgan fingerprint density at radius 3 is 1.00 bits per heavy atom. The summed E-state index contributed by atoms with van der Waals surface area (Å²) in [6.07, 6.45) is 21.2. The van der Waals surface area contributed by atoms with Crippen molar-refractivity contribution in [3.05, 3.63) is 0 Å². The van der Waals surface area contributed by atoms with Crippen LogP contribution in [0.1, 0.15) is 136 Å². The van der Waals surface area contributed by atoms with Gasteiger partial charge in [0.05, 0.1) is 13.2 Å². The molecule has 29 heavy (non-hydrogen) atoms. The zero-order valence-corrected chi connectivity index (χ0v) is 19.5. The summed E-state index contributed by atoms with van der Waals surface area (Å²) in [5.41, 5.74) is 0. The fraction of sp³-hybridized carbons (Fsp3) is 0.920. The first-order valence-corrected chi connectivity index (χ1v) is 12.5. The van der Waals surface area contributed by atoms with Crippen molar-refractivity contribution in [3.8, 4) is 0 Å². The summed E-state index contributed by atoms with van der Waals surface area (Å²) >= 11 is 0. The van der Waals surface area contributed by atoms with E-state index in [9.17, 15) is 9.59 Å². The van der Waals surface area contributed by atoms with Gasteiger partial charge in [-0.05, 0) is 25.7 Å². The lowest BCUT2D eigenvalue weighted by atomic mass is 10.0. The molecular formula is C25H48O4. The second kappa shape index (κ2) is 23.2. The van der Waals surface area contributed by atoms with Crippen LogP contribution in [0.2, 0.25) is 0 Å². The third-order valence-electron chi connectivity index (χ3n) is 5.28. The van der Waals surface area contributed by atoms with Crippen LogP contribution >= 0.6 is 0 Å². The molecule has 4 heteroatoms. The Kier molecular flexibility index (Phi) is 22.4. The Bertz CT molecular complexity index is 334. The number of hydrogen-bond donors (Lipinski definition) is 0. The summed E-state index contributed by atoms with van der Waals surface area (Å²) in [4.78, 5) is 22.9. The summed E-state index contributed by atoms with van der Waals surface area (Å²) in [5.74, 6) is -0.0456. The van der Waals surface area contributed by atoms with Crippen molar-refractivity contribution in [2.24, 2.45) is 0 Å². The standard InChI is InChI=1S/C25H48O4/c1-3-5-22-28-24(26)20-18-16-14-12-10-8-7-9-11-13-15-17-19-21-25(27)29-23-6-4-2/h3-23H2,1-2H3. The normalized spacial score (nSPS) is 10.8. The third-order valence-corrected chi connectivity index (χ3v) is 5.28. The number of carbonyl (C=O) groups excluding carboxylic acids is 2. The van der Waals surface area contributed by atoms with E-state index in [0.29, 0.717) is 26.1 Å². The first-order chi connectivity index (χ1) is 14.2. The van der Waals surface area contributed by atoms with Gasteiger partial charge in [-0.1, -0.05) is 97.3 Å². The van der Waals surface area contributed by atoms with Crippen molar-refractivity contribution in [1.82, 2.24) is 0 Å². The van der Waals surface area contributed by atoms with E-state index in [4.69, 9.17) is 9.47 Å². The maximum atomic E-state index is 11.5. The highest BCUT2D eigenvalue weighted by Gasteiger charge is 2.03. The maximum Gasteiger partial charge on any atom is 0.305 e. The Morgan fingerprint density at radius 1 is 0.448 bits per heavy atom. The minimum Gasteiger partial charge on any atom is -0.466 e. The average molecular weight is 413 g/mol. The Balaban J connectivity index is 3.15. The van der Waals surface area contributed by atoms with Gasteiger partial charge in [-0.15, -0.1) is 0 Å². The van der Waals surface area contributed by atoms with Gasteiger partial charge >= 0.3 is 11.9 Å². The van der Waals surface area contributed by atoms with Gasteiger partial charge in [0, 0.05) is 12.8 Å². The van der Waals surface area contributed by atoms with Crippen LogP contribution in [-0.4, -0.2) is 25.2 Å². The molecule has 0 fully saturated rings. The van der Waals surface area contributed by atoms with Gasteiger partial charge in [0.1, 0.15) is 0 Å². The number of rotatable bonds is 22. The van der Waals surface area contributed by atoms with Gasteiger partial charge in [0.15, 0.2) is 0 Å². The summed E-state index contributed by atoms with van der Waals surface area (Å²) in [6, 6.07) is 0. The minimum atomic E-state index is -0.0228. The van der Waals surface area contributed by atoms with Crippen molar-refractivity contribution < 1.29 is 19.1 Å². The molecule has 0 saturated carbocycles. The molecule has 0 bridgehead atoms. The van der Waals surface area contributed by atoms with E-state index in [1.807, 2.05) is 0 Å². The molecule has 0 aromatic carbocycles. The molecule has 0 aliphatic carbocycles. The molecule has 0 atom stereocenters. The third kappa shape index (κ3) is 23.1. The summed E-state index contributed by atoms with van der Waals surface area (Å²) in [5, 5.41) is 0. The van der Waals surface area contributed by atoms with Crippen LogP contribution in [0.15, 0.2) is 0 Å². The second-order valence-electron chi connectivity index (χ2n) is 8.24. The molecule has 0 aliphatic heterocycles. The second-order valence-corrected chi connectivity index (χ2v) is 8.24. The van der Waals surface area contributed by atoms with Crippen LogP contribution in [0.3, 0.4) is 0 Å². The Morgan fingerprint density at radius 2 is 0.724 bits per heavy atom. The van der Waals surface area contributed by atoms with E-state index in [0.717, 1.165) is 51.4 Å². The molecule has 0 spiro atoms.